The lowest BCUT2D eigenvalue weighted by Crippen LogP contribution is -2.52. The first-order valence-corrected chi connectivity index (χ1v) is 8.32. The Morgan fingerprint density at radius 2 is 2.08 bits per heavy atom. The molecule has 2 heterocycles. The highest BCUT2D eigenvalue weighted by Crippen LogP contribution is 2.15. The SMILES string of the molecule is CC(C)[C@H](N)C(=O)NCC(=O)NC1CCCN(c2ncccn2)C1. The lowest BCUT2D eigenvalue weighted by Gasteiger charge is -2.33. The molecule has 1 fully saturated rings. The number of piperidine rings is 1. The Hall–Kier alpha value is -2.22. The van der Waals surface area contributed by atoms with Gasteiger partial charge in [-0.05, 0) is 24.8 Å². The van der Waals surface area contributed by atoms with Crippen LogP contribution in [0.15, 0.2) is 18.5 Å². The second-order valence-electron chi connectivity index (χ2n) is 6.39. The molecule has 1 saturated heterocycles. The first kappa shape index (κ1) is 18.1. The zero-order valence-electron chi connectivity index (χ0n) is 14.2. The van der Waals surface area contributed by atoms with Gasteiger partial charge in [-0.3, -0.25) is 9.59 Å². The van der Waals surface area contributed by atoms with E-state index in [2.05, 4.69) is 25.5 Å². The molecule has 1 aromatic heterocycles. The highest BCUT2D eigenvalue weighted by Gasteiger charge is 2.23. The molecule has 1 aromatic rings. The molecule has 24 heavy (non-hydrogen) atoms. The Morgan fingerprint density at radius 1 is 1.38 bits per heavy atom. The number of amides is 2. The van der Waals surface area contributed by atoms with E-state index in [0.717, 1.165) is 19.4 Å². The van der Waals surface area contributed by atoms with Crippen molar-refractivity contribution < 1.29 is 9.59 Å². The Kier molecular flexibility index (Phi) is 6.48. The van der Waals surface area contributed by atoms with Crippen LogP contribution in [0.25, 0.3) is 0 Å². The average molecular weight is 334 g/mol. The fraction of sp³-hybridized carbons (Fsp3) is 0.625. The molecule has 1 aliphatic heterocycles. The van der Waals surface area contributed by atoms with E-state index in [-0.39, 0.29) is 30.3 Å². The van der Waals surface area contributed by atoms with E-state index in [1.54, 1.807) is 18.5 Å². The minimum absolute atomic E-state index is 0.0192. The van der Waals surface area contributed by atoms with E-state index in [0.29, 0.717) is 12.5 Å². The summed E-state index contributed by atoms with van der Waals surface area (Å²) >= 11 is 0. The summed E-state index contributed by atoms with van der Waals surface area (Å²) < 4.78 is 0. The number of rotatable bonds is 6. The van der Waals surface area contributed by atoms with Crippen molar-refractivity contribution in [3.05, 3.63) is 18.5 Å². The quantitative estimate of drug-likeness (QED) is 0.656. The van der Waals surface area contributed by atoms with Crippen LogP contribution in [0.2, 0.25) is 0 Å². The van der Waals surface area contributed by atoms with E-state index in [9.17, 15) is 9.59 Å². The van der Waals surface area contributed by atoms with Crippen LogP contribution in [0.3, 0.4) is 0 Å². The minimum atomic E-state index is -0.599. The molecule has 0 saturated carbocycles. The van der Waals surface area contributed by atoms with Crippen molar-refractivity contribution in [2.75, 3.05) is 24.5 Å². The van der Waals surface area contributed by atoms with Gasteiger partial charge in [0.05, 0.1) is 12.6 Å². The van der Waals surface area contributed by atoms with Crippen LogP contribution in [-0.2, 0) is 9.59 Å². The molecular formula is C16H26N6O2. The highest BCUT2D eigenvalue weighted by atomic mass is 16.2. The number of nitrogens with zero attached hydrogens (tertiary/aromatic N) is 3. The van der Waals surface area contributed by atoms with Crippen molar-refractivity contribution >= 4 is 17.8 Å². The second-order valence-corrected chi connectivity index (χ2v) is 6.39. The van der Waals surface area contributed by atoms with Gasteiger partial charge >= 0.3 is 0 Å². The number of aromatic nitrogens is 2. The van der Waals surface area contributed by atoms with Gasteiger partial charge in [0.2, 0.25) is 17.8 Å². The molecule has 2 rings (SSSR count). The number of carbonyl (C=O) groups excluding carboxylic acids is 2. The number of anilines is 1. The van der Waals surface area contributed by atoms with Crippen molar-refractivity contribution in [1.82, 2.24) is 20.6 Å². The summed E-state index contributed by atoms with van der Waals surface area (Å²) in [6, 6.07) is 1.20. The first-order valence-electron chi connectivity index (χ1n) is 8.32. The highest BCUT2D eigenvalue weighted by molar-refractivity contribution is 5.87. The molecule has 0 spiro atoms. The summed E-state index contributed by atoms with van der Waals surface area (Å²) in [6.45, 7) is 5.21. The van der Waals surface area contributed by atoms with Crippen molar-refractivity contribution in [2.24, 2.45) is 11.7 Å². The van der Waals surface area contributed by atoms with Crippen molar-refractivity contribution in [2.45, 2.75) is 38.8 Å². The molecule has 0 aliphatic carbocycles. The molecule has 0 radical (unpaired) electrons. The smallest absolute Gasteiger partial charge is 0.239 e. The molecule has 8 heteroatoms. The largest absolute Gasteiger partial charge is 0.350 e. The van der Waals surface area contributed by atoms with Crippen molar-refractivity contribution in [1.29, 1.82) is 0 Å². The van der Waals surface area contributed by atoms with Crippen molar-refractivity contribution in [3.63, 3.8) is 0 Å². The number of hydrogen-bond donors (Lipinski definition) is 3. The van der Waals surface area contributed by atoms with E-state index >= 15 is 0 Å². The molecule has 132 valence electrons. The minimum Gasteiger partial charge on any atom is -0.350 e. The Balaban J connectivity index is 1.78. The summed E-state index contributed by atoms with van der Waals surface area (Å²) in [7, 11) is 0. The molecular weight excluding hydrogens is 308 g/mol. The van der Waals surface area contributed by atoms with E-state index in [1.165, 1.54) is 0 Å². The van der Waals surface area contributed by atoms with Crippen LogP contribution in [-0.4, -0.2) is 53.5 Å². The van der Waals surface area contributed by atoms with Gasteiger partial charge in [0, 0.05) is 31.5 Å². The lowest BCUT2D eigenvalue weighted by atomic mass is 10.0. The van der Waals surface area contributed by atoms with Gasteiger partial charge in [-0.15, -0.1) is 0 Å². The summed E-state index contributed by atoms with van der Waals surface area (Å²) in [5.74, 6) is 0.196. The topological polar surface area (TPSA) is 113 Å². The van der Waals surface area contributed by atoms with Crippen LogP contribution in [0.4, 0.5) is 5.95 Å². The molecule has 0 bridgehead atoms. The standard InChI is InChI=1S/C16H26N6O2/c1-11(2)14(17)15(24)20-9-13(23)21-12-5-3-8-22(10-12)16-18-6-4-7-19-16/h4,6-7,11-12,14H,3,5,8-10,17H2,1-2H3,(H,20,24)(H,21,23)/t12?,14-/m0/s1. The molecule has 1 unspecified atom stereocenters. The molecule has 0 aromatic carbocycles. The lowest BCUT2D eigenvalue weighted by molar-refractivity contribution is -0.127. The third kappa shape index (κ3) is 5.16. The maximum absolute atomic E-state index is 12.0. The average Bonchev–Trinajstić information content (AvgIpc) is 2.60. The van der Waals surface area contributed by atoms with Gasteiger partial charge in [0.25, 0.3) is 0 Å². The van der Waals surface area contributed by atoms with Crippen LogP contribution in [0.1, 0.15) is 26.7 Å². The van der Waals surface area contributed by atoms with E-state index < -0.39 is 6.04 Å². The van der Waals surface area contributed by atoms with Crippen LogP contribution in [0.5, 0.6) is 0 Å². The summed E-state index contributed by atoms with van der Waals surface area (Å²) in [5, 5.41) is 5.53. The molecule has 2 amide bonds. The number of nitrogens with one attached hydrogen (secondary N) is 2. The predicted octanol–water partition coefficient (Wildman–Crippen LogP) is -0.339. The fourth-order valence-electron chi connectivity index (χ4n) is 2.60. The second kappa shape index (κ2) is 8.58. The van der Waals surface area contributed by atoms with Gasteiger partial charge in [0.1, 0.15) is 0 Å². The molecule has 1 aliphatic rings. The van der Waals surface area contributed by atoms with Gasteiger partial charge < -0.3 is 21.3 Å². The van der Waals surface area contributed by atoms with Gasteiger partial charge in [-0.25, -0.2) is 9.97 Å². The summed E-state index contributed by atoms with van der Waals surface area (Å²) in [4.78, 5) is 34.4. The van der Waals surface area contributed by atoms with Gasteiger partial charge in [-0.1, -0.05) is 13.8 Å². The van der Waals surface area contributed by atoms with Crippen LogP contribution in [0, 0.1) is 5.92 Å². The summed E-state index contributed by atoms with van der Waals surface area (Å²) in [6.07, 6.45) is 5.26. The number of nitrogens with two attached hydrogens (primary N) is 1. The third-order valence-corrected chi connectivity index (χ3v) is 4.07. The van der Waals surface area contributed by atoms with E-state index in [1.807, 2.05) is 13.8 Å². The normalized spacial score (nSPS) is 19.0. The Labute approximate surface area is 142 Å². The van der Waals surface area contributed by atoms with Crippen molar-refractivity contribution in [3.8, 4) is 0 Å². The first-order chi connectivity index (χ1) is 11.5. The summed E-state index contributed by atoms with van der Waals surface area (Å²) in [5.41, 5.74) is 5.75. The zero-order chi connectivity index (χ0) is 17.5. The predicted molar refractivity (Wildman–Crippen MR) is 91.2 cm³/mol. The molecule has 8 nitrogen and oxygen atoms in total. The monoisotopic (exact) mass is 334 g/mol. The maximum atomic E-state index is 12.0. The zero-order valence-corrected chi connectivity index (χ0v) is 14.2. The fourth-order valence-corrected chi connectivity index (χ4v) is 2.60. The number of carbonyl (C=O) groups is 2. The van der Waals surface area contributed by atoms with Crippen LogP contribution >= 0.6 is 0 Å². The Bertz CT molecular complexity index is 551. The van der Waals surface area contributed by atoms with Crippen LogP contribution < -0.4 is 21.3 Å². The number of hydrogen-bond acceptors (Lipinski definition) is 6. The van der Waals surface area contributed by atoms with Gasteiger partial charge in [0.15, 0.2) is 0 Å². The van der Waals surface area contributed by atoms with Gasteiger partial charge in [-0.2, -0.15) is 0 Å². The Morgan fingerprint density at radius 3 is 2.75 bits per heavy atom. The third-order valence-electron chi connectivity index (χ3n) is 4.07. The molecule has 2 atom stereocenters. The van der Waals surface area contributed by atoms with E-state index in [4.69, 9.17) is 5.73 Å². The molecule has 4 N–H and O–H groups in total. The maximum Gasteiger partial charge on any atom is 0.239 e.